The van der Waals surface area contributed by atoms with Gasteiger partial charge in [0.15, 0.2) is 0 Å². The number of rotatable bonds is 5. The summed E-state index contributed by atoms with van der Waals surface area (Å²) in [4.78, 5) is 11.0. The van der Waals surface area contributed by atoms with E-state index in [1.54, 1.807) is 13.8 Å². The fourth-order valence-electron chi connectivity index (χ4n) is 1.49. The summed E-state index contributed by atoms with van der Waals surface area (Å²) in [5.41, 5.74) is 1.08. The van der Waals surface area contributed by atoms with E-state index in [1.165, 1.54) is 6.92 Å². The Labute approximate surface area is 102 Å². The van der Waals surface area contributed by atoms with Crippen LogP contribution < -0.4 is 10.6 Å². The average Bonchev–Trinajstić information content (AvgIpc) is 2.18. The molecule has 1 aromatic carbocycles. The van der Waals surface area contributed by atoms with E-state index in [1.807, 2.05) is 24.3 Å². The lowest BCUT2D eigenvalue weighted by Gasteiger charge is -2.18. The van der Waals surface area contributed by atoms with Crippen LogP contribution in [-0.4, -0.2) is 23.2 Å². The molecule has 0 atom stereocenters. The molecule has 94 valence electrons. The molecule has 0 aliphatic heterocycles. The highest BCUT2D eigenvalue weighted by molar-refractivity contribution is 5.89. The molecule has 1 amide bonds. The molecule has 17 heavy (non-hydrogen) atoms. The first-order valence-electron chi connectivity index (χ1n) is 5.67. The van der Waals surface area contributed by atoms with Gasteiger partial charge in [0, 0.05) is 25.7 Å². The van der Waals surface area contributed by atoms with Crippen LogP contribution in [0.15, 0.2) is 24.3 Å². The summed E-state index contributed by atoms with van der Waals surface area (Å²) >= 11 is 0. The molecule has 0 radical (unpaired) electrons. The van der Waals surface area contributed by atoms with Gasteiger partial charge in [0.25, 0.3) is 0 Å². The number of hydrogen-bond donors (Lipinski definition) is 3. The third-order valence-corrected chi connectivity index (χ3v) is 2.20. The zero-order valence-corrected chi connectivity index (χ0v) is 10.6. The summed E-state index contributed by atoms with van der Waals surface area (Å²) in [5, 5.41) is 15.5. The van der Waals surface area contributed by atoms with Gasteiger partial charge >= 0.3 is 0 Å². The highest BCUT2D eigenvalue weighted by atomic mass is 16.3. The van der Waals surface area contributed by atoms with Gasteiger partial charge in [-0.05, 0) is 25.5 Å². The smallest absolute Gasteiger partial charge is 0.221 e. The first kappa shape index (κ1) is 13.7. The molecule has 4 nitrogen and oxygen atoms in total. The lowest BCUT2D eigenvalue weighted by Crippen LogP contribution is -2.34. The SMILES string of the molecule is CC(=O)Nc1ccccc1CNCC(C)(C)O. The fraction of sp³-hybridized carbons (Fsp3) is 0.462. The predicted octanol–water partition coefficient (Wildman–Crippen LogP) is 1.51. The Bertz CT molecular complexity index is 383. The fourth-order valence-corrected chi connectivity index (χ4v) is 1.49. The normalized spacial score (nSPS) is 11.3. The Hall–Kier alpha value is -1.39. The molecule has 1 rings (SSSR count). The molecule has 1 aromatic rings. The first-order valence-corrected chi connectivity index (χ1v) is 5.67. The van der Waals surface area contributed by atoms with E-state index >= 15 is 0 Å². The van der Waals surface area contributed by atoms with Crippen molar-refractivity contribution in [3.8, 4) is 0 Å². The molecule has 0 aliphatic carbocycles. The molecule has 0 unspecified atom stereocenters. The van der Waals surface area contributed by atoms with E-state index in [-0.39, 0.29) is 5.91 Å². The molecular weight excluding hydrogens is 216 g/mol. The molecule has 0 aliphatic rings. The number of anilines is 1. The summed E-state index contributed by atoms with van der Waals surface area (Å²) in [6.07, 6.45) is 0. The van der Waals surface area contributed by atoms with E-state index in [9.17, 15) is 9.90 Å². The minimum absolute atomic E-state index is 0.0834. The number of para-hydroxylation sites is 1. The molecule has 0 fully saturated rings. The van der Waals surface area contributed by atoms with Crippen molar-refractivity contribution in [2.24, 2.45) is 0 Å². The van der Waals surface area contributed by atoms with Crippen LogP contribution in [0.2, 0.25) is 0 Å². The molecule has 0 saturated heterocycles. The van der Waals surface area contributed by atoms with Crippen molar-refractivity contribution >= 4 is 11.6 Å². The zero-order valence-electron chi connectivity index (χ0n) is 10.6. The number of amides is 1. The third-order valence-electron chi connectivity index (χ3n) is 2.20. The van der Waals surface area contributed by atoms with Crippen LogP contribution in [0, 0.1) is 0 Å². The number of aliphatic hydroxyl groups is 1. The maximum absolute atomic E-state index is 11.0. The van der Waals surface area contributed by atoms with Gasteiger partial charge in [-0.1, -0.05) is 18.2 Å². The number of hydrogen-bond acceptors (Lipinski definition) is 3. The van der Waals surface area contributed by atoms with Crippen LogP contribution in [0.5, 0.6) is 0 Å². The van der Waals surface area contributed by atoms with Gasteiger partial charge in [0.1, 0.15) is 0 Å². The minimum atomic E-state index is -0.733. The third kappa shape index (κ3) is 5.47. The maximum atomic E-state index is 11.0. The molecule has 4 heteroatoms. The van der Waals surface area contributed by atoms with E-state index < -0.39 is 5.60 Å². The largest absolute Gasteiger partial charge is 0.389 e. The maximum Gasteiger partial charge on any atom is 0.221 e. The second kappa shape index (κ2) is 5.80. The van der Waals surface area contributed by atoms with Crippen LogP contribution >= 0.6 is 0 Å². The van der Waals surface area contributed by atoms with E-state index in [2.05, 4.69) is 10.6 Å². The van der Waals surface area contributed by atoms with Gasteiger partial charge in [-0.15, -0.1) is 0 Å². The van der Waals surface area contributed by atoms with Crippen LogP contribution in [0.4, 0.5) is 5.69 Å². The lowest BCUT2D eigenvalue weighted by atomic mass is 10.1. The van der Waals surface area contributed by atoms with Crippen LogP contribution in [0.25, 0.3) is 0 Å². The summed E-state index contributed by atoms with van der Waals surface area (Å²) in [7, 11) is 0. The molecule has 0 aromatic heterocycles. The standard InChI is InChI=1S/C13H20N2O2/c1-10(16)15-12-7-5-4-6-11(12)8-14-9-13(2,3)17/h4-7,14,17H,8-9H2,1-3H3,(H,15,16). The van der Waals surface area contributed by atoms with Crippen molar-refractivity contribution in [2.75, 3.05) is 11.9 Å². The summed E-state index contributed by atoms with van der Waals surface area (Å²) < 4.78 is 0. The van der Waals surface area contributed by atoms with Crippen molar-refractivity contribution < 1.29 is 9.90 Å². The Morgan fingerprint density at radius 2 is 2.00 bits per heavy atom. The van der Waals surface area contributed by atoms with Gasteiger partial charge in [0.05, 0.1) is 5.60 Å². The van der Waals surface area contributed by atoms with Crippen molar-refractivity contribution in [3.05, 3.63) is 29.8 Å². The summed E-state index contributed by atoms with van der Waals surface area (Å²) in [5.74, 6) is -0.0834. The van der Waals surface area contributed by atoms with Crippen molar-refractivity contribution in [1.82, 2.24) is 5.32 Å². The predicted molar refractivity (Wildman–Crippen MR) is 68.8 cm³/mol. The summed E-state index contributed by atoms with van der Waals surface area (Å²) in [6, 6.07) is 7.61. The zero-order chi connectivity index (χ0) is 12.9. The highest BCUT2D eigenvalue weighted by Gasteiger charge is 2.11. The summed E-state index contributed by atoms with van der Waals surface area (Å²) in [6.45, 7) is 6.10. The molecule has 0 bridgehead atoms. The highest BCUT2D eigenvalue weighted by Crippen LogP contribution is 2.14. The van der Waals surface area contributed by atoms with Gasteiger partial charge in [-0.25, -0.2) is 0 Å². The molecular formula is C13H20N2O2. The number of carbonyl (C=O) groups is 1. The quantitative estimate of drug-likeness (QED) is 0.726. The van der Waals surface area contributed by atoms with Crippen molar-refractivity contribution in [1.29, 1.82) is 0 Å². The van der Waals surface area contributed by atoms with E-state index in [0.717, 1.165) is 11.3 Å². The molecule has 3 N–H and O–H groups in total. The number of carbonyl (C=O) groups excluding carboxylic acids is 1. The monoisotopic (exact) mass is 236 g/mol. The lowest BCUT2D eigenvalue weighted by molar-refractivity contribution is -0.114. The van der Waals surface area contributed by atoms with Gasteiger partial charge in [-0.2, -0.15) is 0 Å². The average molecular weight is 236 g/mol. The van der Waals surface area contributed by atoms with Crippen LogP contribution in [0.3, 0.4) is 0 Å². The van der Waals surface area contributed by atoms with Gasteiger partial charge in [0.2, 0.25) is 5.91 Å². The second-order valence-corrected chi connectivity index (χ2v) is 4.75. The Kier molecular flexibility index (Phi) is 4.66. The van der Waals surface area contributed by atoms with Crippen molar-refractivity contribution in [2.45, 2.75) is 32.9 Å². The van der Waals surface area contributed by atoms with Crippen LogP contribution in [-0.2, 0) is 11.3 Å². The van der Waals surface area contributed by atoms with E-state index in [0.29, 0.717) is 13.1 Å². The second-order valence-electron chi connectivity index (χ2n) is 4.75. The molecule has 0 heterocycles. The van der Waals surface area contributed by atoms with Gasteiger partial charge in [-0.3, -0.25) is 4.79 Å². The van der Waals surface area contributed by atoms with Crippen molar-refractivity contribution in [3.63, 3.8) is 0 Å². The van der Waals surface area contributed by atoms with Gasteiger partial charge < -0.3 is 15.7 Å². The molecule has 0 spiro atoms. The van der Waals surface area contributed by atoms with E-state index in [4.69, 9.17) is 0 Å². The van der Waals surface area contributed by atoms with Crippen LogP contribution in [0.1, 0.15) is 26.3 Å². The number of nitrogens with one attached hydrogen (secondary N) is 2. The Morgan fingerprint density at radius 1 is 1.35 bits per heavy atom. The topological polar surface area (TPSA) is 61.4 Å². The Balaban J connectivity index is 2.61. The first-order chi connectivity index (χ1) is 7.88. The molecule has 0 saturated carbocycles. The minimum Gasteiger partial charge on any atom is -0.389 e. The number of benzene rings is 1. The Morgan fingerprint density at radius 3 is 2.59 bits per heavy atom.